The molecule has 0 N–H and O–H groups in total. The van der Waals surface area contributed by atoms with Gasteiger partial charge in [0.05, 0.1) is 0 Å². The number of ether oxygens (including phenoxy) is 2. The lowest BCUT2D eigenvalue weighted by Crippen LogP contribution is -2.65. The highest BCUT2D eigenvalue weighted by atomic mass is 16.6. The molecular formula is C20H29N3O3. The molecule has 0 saturated carbocycles. The van der Waals surface area contributed by atoms with E-state index >= 15 is 0 Å². The fraction of sp³-hybridized carbons (Fsp3) is 0.700. The van der Waals surface area contributed by atoms with E-state index in [0.717, 1.165) is 31.7 Å². The molecule has 3 aliphatic rings. The number of carbonyl (C=O) groups excluding carboxylic acids is 1. The topological polar surface area (TPSA) is 54.9 Å². The Balaban J connectivity index is 1.30. The van der Waals surface area contributed by atoms with Crippen molar-refractivity contribution >= 4 is 6.09 Å². The van der Waals surface area contributed by atoms with Crippen molar-refractivity contribution in [3.63, 3.8) is 0 Å². The van der Waals surface area contributed by atoms with E-state index in [9.17, 15) is 4.79 Å². The number of fused-ring (bicyclic) bond motifs is 2. The summed E-state index contributed by atoms with van der Waals surface area (Å²) in [7, 11) is 0. The Morgan fingerprint density at radius 1 is 1.08 bits per heavy atom. The molecule has 3 fully saturated rings. The summed E-state index contributed by atoms with van der Waals surface area (Å²) in [4.78, 5) is 20.7. The molecule has 1 aromatic heterocycles. The third-order valence-electron chi connectivity index (χ3n) is 5.63. The van der Waals surface area contributed by atoms with Crippen LogP contribution in [0.2, 0.25) is 0 Å². The number of likely N-dealkylation sites (tertiary alicyclic amines) is 1. The summed E-state index contributed by atoms with van der Waals surface area (Å²) in [6, 6.07) is 5.48. The summed E-state index contributed by atoms with van der Waals surface area (Å²) in [5, 5.41) is 0. The van der Waals surface area contributed by atoms with Crippen LogP contribution in [-0.4, -0.2) is 63.8 Å². The van der Waals surface area contributed by atoms with Gasteiger partial charge < -0.3 is 14.4 Å². The van der Waals surface area contributed by atoms with Gasteiger partial charge >= 0.3 is 6.09 Å². The van der Waals surface area contributed by atoms with Crippen LogP contribution < -0.4 is 4.74 Å². The number of amides is 1. The maximum Gasteiger partial charge on any atom is 0.410 e. The minimum atomic E-state index is -0.427. The van der Waals surface area contributed by atoms with Crippen molar-refractivity contribution < 1.29 is 14.3 Å². The first-order valence-electron chi connectivity index (χ1n) is 9.71. The van der Waals surface area contributed by atoms with Gasteiger partial charge in [0, 0.05) is 43.6 Å². The van der Waals surface area contributed by atoms with E-state index in [1.54, 1.807) is 12.4 Å². The van der Waals surface area contributed by atoms with Gasteiger partial charge in [0.15, 0.2) is 0 Å². The van der Waals surface area contributed by atoms with Gasteiger partial charge in [-0.05, 0) is 58.6 Å². The molecule has 26 heavy (non-hydrogen) atoms. The molecule has 6 nitrogen and oxygen atoms in total. The molecule has 0 spiro atoms. The summed E-state index contributed by atoms with van der Waals surface area (Å²) < 4.78 is 11.7. The first-order chi connectivity index (χ1) is 12.4. The average Bonchev–Trinajstić information content (AvgIpc) is 2.76. The lowest BCUT2D eigenvalue weighted by atomic mass is 9.95. The van der Waals surface area contributed by atoms with Gasteiger partial charge in [0.25, 0.3) is 0 Å². The van der Waals surface area contributed by atoms with E-state index in [-0.39, 0.29) is 12.2 Å². The fourth-order valence-electron chi connectivity index (χ4n) is 4.58. The molecule has 3 aliphatic heterocycles. The van der Waals surface area contributed by atoms with E-state index in [4.69, 9.17) is 9.47 Å². The normalized spacial score (nSPS) is 29.3. The van der Waals surface area contributed by atoms with Crippen LogP contribution in [0.15, 0.2) is 24.5 Å². The van der Waals surface area contributed by atoms with Crippen molar-refractivity contribution in [1.29, 1.82) is 0 Å². The summed E-state index contributed by atoms with van der Waals surface area (Å²) in [6.07, 6.45) is 8.28. The maximum atomic E-state index is 12.2. The maximum absolute atomic E-state index is 12.2. The Labute approximate surface area is 155 Å². The number of hydrogen-bond acceptors (Lipinski definition) is 5. The zero-order valence-corrected chi connectivity index (χ0v) is 15.9. The van der Waals surface area contributed by atoms with Gasteiger partial charge in [-0.1, -0.05) is 0 Å². The summed E-state index contributed by atoms with van der Waals surface area (Å²) >= 11 is 0. The van der Waals surface area contributed by atoms with Crippen LogP contribution in [0.25, 0.3) is 0 Å². The van der Waals surface area contributed by atoms with Crippen LogP contribution in [-0.2, 0) is 4.74 Å². The fourth-order valence-corrected chi connectivity index (χ4v) is 4.58. The SMILES string of the molecule is CC(C)(C)OC(=O)N1CC(N2[C@@H]3CC[C@H]2C[C@@H](Oc2ccncc2)C3)C1. The highest BCUT2D eigenvalue weighted by Crippen LogP contribution is 2.40. The molecular weight excluding hydrogens is 330 g/mol. The molecule has 4 rings (SSSR count). The number of nitrogens with zero attached hydrogens (tertiary/aromatic N) is 3. The minimum Gasteiger partial charge on any atom is -0.490 e. The predicted octanol–water partition coefficient (Wildman–Crippen LogP) is 3.08. The van der Waals surface area contributed by atoms with Crippen LogP contribution in [0.1, 0.15) is 46.5 Å². The molecule has 1 aromatic rings. The summed E-state index contributed by atoms with van der Waals surface area (Å²) in [5.74, 6) is 0.914. The number of pyridine rings is 1. The van der Waals surface area contributed by atoms with E-state index < -0.39 is 5.60 Å². The molecule has 3 saturated heterocycles. The predicted molar refractivity (Wildman–Crippen MR) is 98.1 cm³/mol. The smallest absolute Gasteiger partial charge is 0.410 e. The molecule has 0 aromatic carbocycles. The van der Waals surface area contributed by atoms with Crippen molar-refractivity contribution in [3.8, 4) is 5.75 Å². The van der Waals surface area contributed by atoms with Gasteiger partial charge in [-0.15, -0.1) is 0 Å². The van der Waals surface area contributed by atoms with Crippen LogP contribution in [0.5, 0.6) is 5.75 Å². The molecule has 0 unspecified atom stereocenters. The number of aromatic nitrogens is 1. The van der Waals surface area contributed by atoms with Crippen molar-refractivity contribution in [2.24, 2.45) is 0 Å². The Bertz CT molecular complexity index is 625. The van der Waals surface area contributed by atoms with E-state index in [2.05, 4.69) is 9.88 Å². The number of hydrogen-bond donors (Lipinski definition) is 0. The molecule has 4 heterocycles. The van der Waals surface area contributed by atoms with Gasteiger partial charge in [-0.2, -0.15) is 0 Å². The standard InChI is InChI=1S/C20H29N3O3/c1-20(2,3)26-19(24)22-12-16(13-22)23-14-4-5-15(23)11-18(10-14)25-17-6-8-21-9-7-17/h6-9,14-16,18H,4-5,10-13H2,1-3H3/t14-,15+,18+. The summed E-state index contributed by atoms with van der Waals surface area (Å²) in [6.45, 7) is 7.32. The van der Waals surface area contributed by atoms with Gasteiger partial charge in [-0.3, -0.25) is 9.88 Å². The Morgan fingerprint density at radius 2 is 1.69 bits per heavy atom. The first-order valence-corrected chi connectivity index (χ1v) is 9.71. The van der Waals surface area contributed by atoms with Gasteiger partial charge in [-0.25, -0.2) is 4.79 Å². The molecule has 0 aliphatic carbocycles. The highest BCUT2D eigenvalue weighted by molar-refractivity contribution is 5.69. The zero-order valence-electron chi connectivity index (χ0n) is 15.9. The molecule has 3 atom stereocenters. The minimum absolute atomic E-state index is 0.183. The first kappa shape index (κ1) is 17.6. The molecule has 2 bridgehead atoms. The average molecular weight is 359 g/mol. The number of rotatable bonds is 3. The summed E-state index contributed by atoms with van der Waals surface area (Å²) in [5.41, 5.74) is -0.427. The second-order valence-corrected chi connectivity index (χ2v) is 8.77. The molecule has 0 radical (unpaired) electrons. The van der Waals surface area contributed by atoms with Crippen molar-refractivity contribution in [1.82, 2.24) is 14.8 Å². The van der Waals surface area contributed by atoms with Crippen LogP contribution in [0.4, 0.5) is 4.79 Å². The Kier molecular flexibility index (Phi) is 4.55. The Hall–Kier alpha value is -1.82. The lowest BCUT2D eigenvalue weighted by Gasteiger charge is -2.50. The Morgan fingerprint density at radius 3 is 2.27 bits per heavy atom. The van der Waals surface area contributed by atoms with Crippen molar-refractivity contribution in [2.45, 2.75) is 76.3 Å². The largest absolute Gasteiger partial charge is 0.490 e. The third kappa shape index (κ3) is 3.65. The molecule has 6 heteroatoms. The monoisotopic (exact) mass is 359 g/mol. The second kappa shape index (κ2) is 6.72. The highest BCUT2D eigenvalue weighted by Gasteiger charge is 2.48. The van der Waals surface area contributed by atoms with E-state index in [1.807, 2.05) is 37.8 Å². The second-order valence-electron chi connectivity index (χ2n) is 8.77. The molecule has 1 amide bonds. The van der Waals surface area contributed by atoms with Gasteiger partial charge in [0.1, 0.15) is 17.5 Å². The zero-order chi connectivity index (χ0) is 18.3. The van der Waals surface area contributed by atoms with Crippen molar-refractivity contribution in [2.75, 3.05) is 13.1 Å². The van der Waals surface area contributed by atoms with E-state index in [1.165, 1.54) is 12.8 Å². The van der Waals surface area contributed by atoms with Crippen LogP contribution in [0, 0.1) is 0 Å². The van der Waals surface area contributed by atoms with Crippen LogP contribution >= 0.6 is 0 Å². The number of carbonyl (C=O) groups is 1. The van der Waals surface area contributed by atoms with E-state index in [0.29, 0.717) is 18.1 Å². The lowest BCUT2D eigenvalue weighted by molar-refractivity contribution is -0.0489. The van der Waals surface area contributed by atoms with Crippen LogP contribution in [0.3, 0.4) is 0 Å². The number of piperidine rings is 1. The quantitative estimate of drug-likeness (QED) is 0.830. The van der Waals surface area contributed by atoms with Crippen molar-refractivity contribution in [3.05, 3.63) is 24.5 Å². The third-order valence-corrected chi connectivity index (χ3v) is 5.63. The van der Waals surface area contributed by atoms with Gasteiger partial charge in [0.2, 0.25) is 0 Å². The molecule has 142 valence electrons.